The van der Waals surface area contributed by atoms with Gasteiger partial charge in [-0.05, 0) is 59.2 Å². The van der Waals surface area contributed by atoms with Gasteiger partial charge in [0.15, 0.2) is 15.2 Å². The second kappa shape index (κ2) is 10.9. The Morgan fingerprint density at radius 1 is 1.05 bits per heavy atom. The molecule has 38 heavy (non-hydrogen) atoms. The summed E-state index contributed by atoms with van der Waals surface area (Å²) >= 11 is 8.36. The number of hydrogen-bond donors (Lipinski definition) is 2. The number of tetrazole rings is 1. The number of carbonyl (C=O) groups excluding carboxylic acids is 1. The maximum absolute atomic E-state index is 12.8. The number of H-pyrrole nitrogens is 1. The third-order valence-corrected chi connectivity index (χ3v) is 7.06. The summed E-state index contributed by atoms with van der Waals surface area (Å²) in [7, 11) is 0. The lowest BCUT2D eigenvalue weighted by molar-refractivity contribution is 0.110. The molecule has 2 aromatic heterocycles. The molecule has 0 aliphatic carbocycles. The minimum absolute atomic E-state index is 0.444. The molecule has 0 saturated carbocycles. The van der Waals surface area contributed by atoms with Gasteiger partial charge in [0.25, 0.3) is 0 Å². The van der Waals surface area contributed by atoms with Gasteiger partial charge in [0, 0.05) is 22.6 Å². The van der Waals surface area contributed by atoms with Crippen LogP contribution in [0, 0.1) is 6.92 Å². The van der Waals surface area contributed by atoms with Crippen LogP contribution in [0.15, 0.2) is 77.3 Å². The van der Waals surface area contributed by atoms with Crippen molar-refractivity contribution in [2.24, 2.45) is 0 Å². The van der Waals surface area contributed by atoms with Gasteiger partial charge in [-0.15, -0.1) is 10.2 Å². The summed E-state index contributed by atoms with van der Waals surface area (Å²) in [6.45, 7) is 3.50. The number of aromatic nitrogens is 5. The van der Waals surface area contributed by atoms with E-state index in [9.17, 15) is 4.79 Å². The number of benzene rings is 3. The first-order chi connectivity index (χ1) is 18.3. The summed E-state index contributed by atoms with van der Waals surface area (Å²) in [4.78, 5) is 12.8. The molecular weight excluding hydrogens is 619 g/mol. The van der Waals surface area contributed by atoms with Crippen LogP contribution >= 0.6 is 34.2 Å². The first-order valence-corrected chi connectivity index (χ1v) is 13.1. The topological polar surface area (TPSA) is 119 Å². The Balaban J connectivity index is 1.30. The van der Waals surface area contributed by atoms with Crippen LogP contribution < -0.4 is 5.32 Å². The molecule has 0 spiro atoms. The van der Waals surface area contributed by atoms with E-state index in [2.05, 4.69) is 53.7 Å². The maximum Gasteiger partial charge on any atom is 0.413 e. The SMILES string of the molecule is Cc1onc(-c2ccc(-c3ccc(Cc4nn[nH]n4)cc3)cc2)c1NC(=O)O[C@](C)(I)c1ccccc1Cl. The predicted molar refractivity (Wildman–Crippen MR) is 152 cm³/mol. The van der Waals surface area contributed by atoms with Gasteiger partial charge in [0.05, 0.1) is 0 Å². The van der Waals surface area contributed by atoms with Crippen LogP contribution in [0.3, 0.4) is 0 Å². The van der Waals surface area contributed by atoms with Crippen LogP contribution in [0.1, 0.15) is 29.6 Å². The molecule has 2 heterocycles. The number of nitrogens with one attached hydrogen (secondary N) is 2. The normalized spacial score (nSPS) is 12.6. The fourth-order valence-electron chi connectivity index (χ4n) is 3.97. The molecule has 5 aromatic rings. The first kappa shape index (κ1) is 25.9. The lowest BCUT2D eigenvalue weighted by Gasteiger charge is -2.24. The zero-order chi connectivity index (χ0) is 26.7. The van der Waals surface area contributed by atoms with Gasteiger partial charge in [0.1, 0.15) is 11.4 Å². The summed E-state index contributed by atoms with van der Waals surface area (Å²) in [5.74, 6) is 1.11. The highest BCUT2D eigenvalue weighted by molar-refractivity contribution is 14.1. The molecule has 0 aliphatic rings. The molecule has 11 heteroatoms. The Hall–Kier alpha value is -3.77. The Morgan fingerprint density at radius 2 is 1.71 bits per heavy atom. The molecule has 5 rings (SSSR count). The van der Waals surface area contributed by atoms with Crippen molar-refractivity contribution >= 4 is 46.0 Å². The number of hydrogen-bond acceptors (Lipinski definition) is 7. The standard InChI is InChI=1S/C27H22ClIN6O3/c1-16-24(30-26(36)37-27(2,29)21-5-3-4-6-22(21)28)25(33-38-16)20-13-11-19(12-14-20)18-9-7-17(8-10-18)15-23-31-34-35-32-23/h3-14H,15H2,1-2H3,(H,30,36)(H,31,32,34,35)/t27-/m0/s1. The molecule has 192 valence electrons. The fraction of sp³-hybridized carbons (Fsp3) is 0.148. The van der Waals surface area contributed by atoms with Crippen molar-refractivity contribution in [3.63, 3.8) is 0 Å². The molecule has 1 amide bonds. The van der Waals surface area contributed by atoms with E-state index in [0.29, 0.717) is 40.0 Å². The molecule has 9 nitrogen and oxygen atoms in total. The summed E-state index contributed by atoms with van der Waals surface area (Å²) in [6, 6.07) is 23.3. The Bertz CT molecular complexity index is 1550. The monoisotopic (exact) mass is 640 g/mol. The van der Waals surface area contributed by atoms with E-state index in [0.717, 1.165) is 22.3 Å². The van der Waals surface area contributed by atoms with Crippen molar-refractivity contribution in [3.05, 3.63) is 101 Å². The minimum atomic E-state index is -0.978. The van der Waals surface area contributed by atoms with E-state index < -0.39 is 9.70 Å². The van der Waals surface area contributed by atoms with E-state index in [1.807, 2.05) is 66.7 Å². The van der Waals surface area contributed by atoms with Gasteiger partial charge in [-0.25, -0.2) is 4.79 Å². The van der Waals surface area contributed by atoms with E-state index in [1.165, 1.54) is 0 Å². The van der Waals surface area contributed by atoms with E-state index >= 15 is 0 Å². The summed E-state index contributed by atoms with van der Waals surface area (Å²) in [6.07, 6.45) is -0.0407. The molecule has 0 fully saturated rings. The molecule has 1 atom stereocenters. The van der Waals surface area contributed by atoms with E-state index in [4.69, 9.17) is 20.9 Å². The van der Waals surface area contributed by atoms with Crippen LogP contribution in [0.2, 0.25) is 5.02 Å². The van der Waals surface area contributed by atoms with Crippen molar-refractivity contribution in [2.45, 2.75) is 23.9 Å². The van der Waals surface area contributed by atoms with Gasteiger partial charge in [-0.3, -0.25) is 5.32 Å². The number of rotatable bonds is 7. The van der Waals surface area contributed by atoms with Crippen molar-refractivity contribution < 1.29 is 14.1 Å². The Kier molecular flexibility index (Phi) is 7.43. The first-order valence-electron chi connectivity index (χ1n) is 11.6. The van der Waals surface area contributed by atoms with Gasteiger partial charge >= 0.3 is 6.09 Å². The second-order valence-electron chi connectivity index (χ2n) is 8.65. The van der Waals surface area contributed by atoms with Crippen LogP contribution in [0.25, 0.3) is 22.4 Å². The molecular formula is C27H22ClIN6O3. The third kappa shape index (κ3) is 5.70. The molecule has 0 aliphatic heterocycles. The average molecular weight is 641 g/mol. The van der Waals surface area contributed by atoms with Crippen molar-refractivity contribution in [1.29, 1.82) is 0 Å². The van der Waals surface area contributed by atoms with Crippen molar-refractivity contribution in [3.8, 4) is 22.4 Å². The van der Waals surface area contributed by atoms with E-state index in [1.54, 1.807) is 19.9 Å². The minimum Gasteiger partial charge on any atom is -0.427 e. The van der Waals surface area contributed by atoms with Crippen molar-refractivity contribution in [2.75, 3.05) is 5.32 Å². The van der Waals surface area contributed by atoms with Gasteiger partial charge in [-0.1, -0.05) is 88.7 Å². The highest BCUT2D eigenvalue weighted by Crippen LogP contribution is 2.38. The second-order valence-corrected chi connectivity index (χ2v) is 11.1. The van der Waals surface area contributed by atoms with Crippen LogP contribution in [0.4, 0.5) is 10.5 Å². The molecule has 0 saturated heterocycles. The summed E-state index contributed by atoms with van der Waals surface area (Å²) in [5.41, 5.74) is 5.62. The third-order valence-electron chi connectivity index (χ3n) is 5.93. The van der Waals surface area contributed by atoms with Crippen LogP contribution in [-0.4, -0.2) is 31.9 Å². The lowest BCUT2D eigenvalue weighted by Crippen LogP contribution is -2.26. The number of aryl methyl sites for hydroxylation is 1. The Morgan fingerprint density at radius 3 is 2.37 bits per heavy atom. The summed E-state index contributed by atoms with van der Waals surface area (Å²) in [5, 5.41) is 21.5. The number of anilines is 1. The van der Waals surface area contributed by atoms with Gasteiger partial charge < -0.3 is 9.26 Å². The number of ether oxygens (including phenoxy) is 1. The summed E-state index contributed by atoms with van der Waals surface area (Å²) < 4.78 is 10.1. The Labute approximate surface area is 237 Å². The number of alkyl halides is 1. The highest BCUT2D eigenvalue weighted by Gasteiger charge is 2.30. The fourth-order valence-corrected chi connectivity index (χ4v) is 5.12. The van der Waals surface area contributed by atoms with Crippen LogP contribution in [-0.2, 0) is 14.8 Å². The number of amides is 1. The zero-order valence-corrected chi connectivity index (χ0v) is 23.3. The lowest BCUT2D eigenvalue weighted by atomic mass is 10.0. The van der Waals surface area contributed by atoms with Gasteiger partial charge in [-0.2, -0.15) is 5.21 Å². The average Bonchev–Trinajstić information content (AvgIpc) is 3.54. The molecule has 0 radical (unpaired) electrons. The quantitative estimate of drug-likeness (QED) is 0.146. The maximum atomic E-state index is 12.8. The zero-order valence-electron chi connectivity index (χ0n) is 20.4. The highest BCUT2D eigenvalue weighted by atomic mass is 127. The van der Waals surface area contributed by atoms with Crippen LogP contribution in [0.5, 0.6) is 0 Å². The number of nitrogens with zero attached hydrogens (tertiary/aromatic N) is 4. The van der Waals surface area contributed by atoms with Crippen molar-refractivity contribution in [1.82, 2.24) is 25.8 Å². The van der Waals surface area contributed by atoms with E-state index in [-0.39, 0.29) is 0 Å². The predicted octanol–water partition coefficient (Wildman–Crippen LogP) is 6.93. The molecule has 3 aromatic carbocycles. The molecule has 2 N–H and O–H groups in total. The number of halogens is 2. The largest absolute Gasteiger partial charge is 0.427 e. The molecule has 0 bridgehead atoms. The number of aromatic amines is 1. The molecule has 0 unspecified atom stereocenters. The van der Waals surface area contributed by atoms with Gasteiger partial charge in [0.2, 0.25) is 0 Å². The smallest absolute Gasteiger partial charge is 0.413 e. The number of carbonyl (C=O) groups is 1.